The van der Waals surface area contributed by atoms with Gasteiger partial charge >= 0.3 is 0 Å². The SMILES string of the molecule is COc1ccc(C=NC2=N[C@H](c3ccco3)[C@H](c3ccco3)S2)cc1OC. The third-order valence-electron chi connectivity index (χ3n) is 4.16. The number of rotatable bonds is 5. The first-order valence-corrected chi connectivity index (χ1v) is 9.24. The molecule has 6 nitrogen and oxygen atoms in total. The van der Waals surface area contributed by atoms with Crippen LogP contribution >= 0.6 is 11.8 Å². The maximum atomic E-state index is 5.59. The van der Waals surface area contributed by atoms with Crippen molar-refractivity contribution < 1.29 is 18.3 Å². The maximum Gasteiger partial charge on any atom is 0.184 e. The van der Waals surface area contributed by atoms with Crippen LogP contribution < -0.4 is 9.47 Å². The van der Waals surface area contributed by atoms with Crippen LogP contribution in [0.4, 0.5) is 0 Å². The lowest BCUT2D eigenvalue weighted by atomic mass is 10.1. The standard InChI is InChI=1S/C20H18N2O4S/c1-23-14-8-7-13(11-17(14)24-2)12-21-20-22-18(15-5-3-9-25-15)19(27-20)16-6-4-10-26-16/h3-12,18-19H,1-2H3/t18-,19+/m1/s1. The monoisotopic (exact) mass is 382 g/mol. The van der Waals surface area contributed by atoms with Crippen molar-refractivity contribution in [3.8, 4) is 11.5 Å². The van der Waals surface area contributed by atoms with Gasteiger partial charge in [0, 0.05) is 6.21 Å². The van der Waals surface area contributed by atoms with Crippen molar-refractivity contribution in [2.24, 2.45) is 9.98 Å². The lowest BCUT2D eigenvalue weighted by molar-refractivity contribution is 0.355. The number of nitrogens with zero attached hydrogens (tertiary/aromatic N) is 2. The topological polar surface area (TPSA) is 69.5 Å². The average molecular weight is 382 g/mol. The Morgan fingerprint density at radius 1 is 1.00 bits per heavy atom. The molecule has 0 amide bonds. The summed E-state index contributed by atoms with van der Waals surface area (Å²) in [5, 5.41) is 0.663. The minimum atomic E-state index is -0.172. The van der Waals surface area contributed by atoms with Crippen molar-refractivity contribution >= 4 is 23.1 Å². The number of aliphatic imine (C=N–C) groups is 2. The minimum Gasteiger partial charge on any atom is -0.493 e. The summed E-state index contributed by atoms with van der Waals surface area (Å²) >= 11 is 1.55. The first-order chi connectivity index (χ1) is 13.3. The van der Waals surface area contributed by atoms with Crippen LogP contribution in [0.5, 0.6) is 11.5 Å². The fourth-order valence-electron chi connectivity index (χ4n) is 2.86. The second kappa shape index (κ2) is 7.75. The molecule has 7 heteroatoms. The van der Waals surface area contributed by atoms with E-state index in [2.05, 4.69) is 4.99 Å². The minimum absolute atomic E-state index is 0.0105. The molecular weight excluding hydrogens is 364 g/mol. The quantitative estimate of drug-likeness (QED) is 0.587. The van der Waals surface area contributed by atoms with Crippen LogP contribution in [0.3, 0.4) is 0 Å². The highest BCUT2D eigenvalue weighted by molar-refractivity contribution is 8.14. The maximum absolute atomic E-state index is 5.59. The Balaban J connectivity index is 1.58. The van der Waals surface area contributed by atoms with E-state index >= 15 is 0 Å². The highest BCUT2D eigenvalue weighted by atomic mass is 32.2. The second-order valence-corrected chi connectivity index (χ2v) is 6.91. The van der Waals surface area contributed by atoms with Crippen LogP contribution in [0.1, 0.15) is 28.4 Å². The van der Waals surface area contributed by atoms with Gasteiger partial charge in [-0.2, -0.15) is 0 Å². The van der Waals surface area contributed by atoms with Crippen molar-refractivity contribution in [2.75, 3.05) is 14.2 Å². The summed E-state index contributed by atoms with van der Waals surface area (Å²) in [7, 11) is 3.22. The molecule has 0 saturated heterocycles. The zero-order valence-electron chi connectivity index (χ0n) is 14.9. The van der Waals surface area contributed by atoms with Crippen LogP contribution in [-0.2, 0) is 0 Å². The van der Waals surface area contributed by atoms with E-state index < -0.39 is 0 Å². The zero-order chi connectivity index (χ0) is 18.6. The van der Waals surface area contributed by atoms with Crippen LogP contribution in [-0.4, -0.2) is 25.6 Å². The van der Waals surface area contributed by atoms with E-state index in [4.69, 9.17) is 23.3 Å². The normalized spacial score (nSPS) is 19.4. The van der Waals surface area contributed by atoms with E-state index in [0.717, 1.165) is 17.1 Å². The van der Waals surface area contributed by atoms with Crippen molar-refractivity contribution in [2.45, 2.75) is 11.3 Å². The van der Waals surface area contributed by atoms with Gasteiger partial charge < -0.3 is 18.3 Å². The summed E-state index contributed by atoms with van der Waals surface area (Å²) in [6, 6.07) is 13.1. The van der Waals surface area contributed by atoms with Gasteiger partial charge in [-0.15, -0.1) is 0 Å². The Morgan fingerprint density at radius 2 is 1.74 bits per heavy atom. The lowest BCUT2D eigenvalue weighted by Gasteiger charge is -2.11. The van der Waals surface area contributed by atoms with Gasteiger partial charge in [-0.25, -0.2) is 9.98 Å². The number of hydrogen-bond donors (Lipinski definition) is 0. The zero-order valence-corrected chi connectivity index (χ0v) is 15.7. The predicted octanol–water partition coefficient (Wildman–Crippen LogP) is 4.89. The largest absolute Gasteiger partial charge is 0.493 e. The molecule has 2 aromatic heterocycles. The van der Waals surface area contributed by atoms with Gasteiger partial charge in [0.05, 0.1) is 26.7 Å². The molecule has 3 heterocycles. The predicted molar refractivity (Wildman–Crippen MR) is 105 cm³/mol. The van der Waals surface area contributed by atoms with Gasteiger partial charge in [-0.05, 0) is 48.0 Å². The molecule has 0 bridgehead atoms. The lowest BCUT2D eigenvalue weighted by Crippen LogP contribution is -1.99. The molecule has 1 aliphatic rings. The van der Waals surface area contributed by atoms with E-state index in [1.165, 1.54) is 0 Å². The Hall–Kier alpha value is -2.93. The Morgan fingerprint density at radius 3 is 2.41 bits per heavy atom. The van der Waals surface area contributed by atoms with Gasteiger partial charge in [0.1, 0.15) is 22.8 Å². The molecule has 0 radical (unpaired) electrons. The molecule has 0 saturated carbocycles. The summed E-state index contributed by atoms with van der Waals surface area (Å²) in [6.45, 7) is 0. The highest BCUT2D eigenvalue weighted by Gasteiger charge is 2.36. The first-order valence-electron chi connectivity index (χ1n) is 8.36. The average Bonchev–Trinajstić information content (AvgIpc) is 3.46. The van der Waals surface area contributed by atoms with E-state index in [1.54, 1.807) is 44.7 Å². The van der Waals surface area contributed by atoms with Crippen LogP contribution in [0, 0.1) is 0 Å². The van der Waals surface area contributed by atoms with Crippen molar-refractivity contribution in [3.63, 3.8) is 0 Å². The third kappa shape index (κ3) is 3.64. The first kappa shape index (κ1) is 17.5. The molecule has 0 fully saturated rings. The van der Waals surface area contributed by atoms with E-state index in [-0.39, 0.29) is 11.3 Å². The molecule has 0 N–H and O–H groups in total. The van der Waals surface area contributed by atoms with Crippen molar-refractivity contribution in [3.05, 3.63) is 72.1 Å². The molecule has 0 aliphatic carbocycles. The molecule has 0 spiro atoms. The van der Waals surface area contributed by atoms with Gasteiger partial charge in [-0.1, -0.05) is 11.8 Å². The Labute approximate surface area is 160 Å². The summed E-state index contributed by atoms with van der Waals surface area (Å²) in [4.78, 5) is 9.28. The summed E-state index contributed by atoms with van der Waals surface area (Å²) in [6.07, 6.45) is 5.08. The van der Waals surface area contributed by atoms with Gasteiger partial charge in [0.15, 0.2) is 16.7 Å². The Kier molecular flexibility index (Phi) is 5.02. The van der Waals surface area contributed by atoms with Crippen LogP contribution in [0.25, 0.3) is 0 Å². The molecule has 1 aliphatic heterocycles. The molecular formula is C20H18N2O4S. The van der Waals surface area contributed by atoms with E-state index in [0.29, 0.717) is 16.7 Å². The number of furan rings is 2. The molecule has 1 aromatic carbocycles. The second-order valence-electron chi connectivity index (χ2n) is 5.80. The van der Waals surface area contributed by atoms with Gasteiger partial charge in [0.25, 0.3) is 0 Å². The Bertz CT molecular complexity index is 949. The summed E-state index contributed by atoms with van der Waals surface area (Å²) < 4.78 is 21.8. The third-order valence-corrected chi connectivity index (χ3v) is 5.32. The number of thioether (sulfide) groups is 1. The smallest absolute Gasteiger partial charge is 0.184 e. The molecule has 2 atom stereocenters. The molecule has 3 aromatic rings. The molecule has 0 unspecified atom stereocenters. The van der Waals surface area contributed by atoms with Crippen LogP contribution in [0.2, 0.25) is 0 Å². The van der Waals surface area contributed by atoms with Crippen molar-refractivity contribution in [1.29, 1.82) is 0 Å². The van der Waals surface area contributed by atoms with E-state index in [1.807, 2.05) is 42.5 Å². The number of amidine groups is 1. The summed E-state index contributed by atoms with van der Waals surface area (Å²) in [5.74, 6) is 2.98. The van der Waals surface area contributed by atoms with Crippen LogP contribution in [0.15, 0.2) is 73.8 Å². The number of hydrogen-bond acceptors (Lipinski definition) is 7. The van der Waals surface area contributed by atoms with Crippen molar-refractivity contribution in [1.82, 2.24) is 0 Å². The van der Waals surface area contributed by atoms with Gasteiger partial charge in [-0.3, -0.25) is 0 Å². The van der Waals surface area contributed by atoms with E-state index in [9.17, 15) is 0 Å². The molecule has 4 rings (SSSR count). The summed E-state index contributed by atoms with van der Waals surface area (Å²) in [5.41, 5.74) is 0.895. The molecule has 27 heavy (non-hydrogen) atoms. The number of ether oxygens (including phenoxy) is 2. The van der Waals surface area contributed by atoms with Gasteiger partial charge in [0.2, 0.25) is 0 Å². The fraction of sp³-hybridized carbons (Fsp3) is 0.200. The fourth-order valence-corrected chi connectivity index (χ4v) is 3.95. The molecule has 138 valence electrons. The highest BCUT2D eigenvalue weighted by Crippen LogP contribution is 2.48. The number of benzene rings is 1. The number of methoxy groups -OCH3 is 2.